The number of nitrogens with one attached hydrogen (secondary N) is 1. The molecule has 0 unspecified atom stereocenters. The highest BCUT2D eigenvalue weighted by Gasteiger charge is 2.04. The molecule has 0 bridgehead atoms. The molecule has 1 atom stereocenters. The van der Waals surface area contributed by atoms with Crippen molar-refractivity contribution >= 4 is 0 Å². The van der Waals surface area contributed by atoms with Gasteiger partial charge in [0, 0.05) is 25.0 Å². The van der Waals surface area contributed by atoms with E-state index in [1.807, 2.05) is 35.1 Å². The van der Waals surface area contributed by atoms with E-state index in [0.29, 0.717) is 24.0 Å². The lowest BCUT2D eigenvalue weighted by molar-refractivity contribution is 0.301. The number of rotatable bonds is 7. The molecule has 20 heavy (non-hydrogen) atoms. The maximum atomic E-state index is 8.95. The monoisotopic (exact) mass is 270 g/mol. The Hall–Kier alpha value is -2.32. The molecule has 5 nitrogen and oxygen atoms in total. The van der Waals surface area contributed by atoms with Crippen molar-refractivity contribution in [1.29, 1.82) is 5.26 Å². The number of nitrogens with zero attached hydrogens (tertiary/aromatic N) is 3. The van der Waals surface area contributed by atoms with Crippen LogP contribution in [0.25, 0.3) is 0 Å². The van der Waals surface area contributed by atoms with Gasteiger partial charge in [-0.2, -0.15) is 10.4 Å². The zero-order chi connectivity index (χ0) is 14.2. The Kier molecular flexibility index (Phi) is 5.15. The predicted molar refractivity (Wildman–Crippen MR) is 76.3 cm³/mol. The van der Waals surface area contributed by atoms with Crippen molar-refractivity contribution in [3.63, 3.8) is 0 Å². The molecule has 1 N–H and O–H groups in total. The summed E-state index contributed by atoms with van der Waals surface area (Å²) in [5.74, 6) is 0.636. The van der Waals surface area contributed by atoms with E-state index < -0.39 is 0 Å². The van der Waals surface area contributed by atoms with Gasteiger partial charge in [-0.15, -0.1) is 0 Å². The van der Waals surface area contributed by atoms with E-state index in [1.54, 1.807) is 12.3 Å². The van der Waals surface area contributed by atoms with Gasteiger partial charge in [0.15, 0.2) is 0 Å². The van der Waals surface area contributed by atoms with Gasteiger partial charge in [-0.25, -0.2) is 0 Å². The van der Waals surface area contributed by atoms with Crippen LogP contribution in [0.5, 0.6) is 5.75 Å². The Morgan fingerprint density at radius 3 is 3.00 bits per heavy atom. The fraction of sp³-hybridized carbons (Fsp3) is 0.333. The molecule has 0 radical (unpaired) electrons. The SMILES string of the molecule is C[C@@H](Cn1cccn1)NCCOc1ccccc1C#N. The molecule has 104 valence electrons. The Bertz CT molecular complexity index is 560. The number of nitriles is 1. The lowest BCUT2D eigenvalue weighted by atomic mass is 10.2. The zero-order valence-corrected chi connectivity index (χ0v) is 11.5. The summed E-state index contributed by atoms with van der Waals surface area (Å²) in [6, 6.07) is 11.6. The van der Waals surface area contributed by atoms with Crippen molar-refractivity contribution in [3.8, 4) is 11.8 Å². The van der Waals surface area contributed by atoms with Gasteiger partial charge in [0.1, 0.15) is 18.4 Å². The third-order valence-corrected chi connectivity index (χ3v) is 2.88. The second-order valence-electron chi connectivity index (χ2n) is 4.54. The molecule has 5 heteroatoms. The minimum absolute atomic E-state index is 0.310. The van der Waals surface area contributed by atoms with Crippen LogP contribution in [0.3, 0.4) is 0 Å². The van der Waals surface area contributed by atoms with E-state index in [1.165, 1.54) is 0 Å². The number of benzene rings is 1. The van der Waals surface area contributed by atoms with Crippen molar-refractivity contribution in [2.75, 3.05) is 13.2 Å². The van der Waals surface area contributed by atoms with Crippen LogP contribution >= 0.6 is 0 Å². The molecule has 1 aromatic carbocycles. The Morgan fingerprint density at radius 2 is 2.25 bits per heavy atom. The normalized spacial score (nSPS) is 11.8. The Morgan fingerprint density at radius 1 is 1.40 bits per heavy atom. The minimum atomic E-state index is 0.310. The fourth-order valence-electron chi connectivity index (χ4n) is 1.90. The Labute approximate surface area is 118 Å². The van der Waals surface area contributed by atoms with Gasteiger partial charge in [0.2, 0.25) is 0 Å². The molecule has 0 saturated carbocycles. The zero-order valence-electron chi connectivity index (χ0n) is 11.5. The highest BCUT2D eigenvalue weighted by Crippen LogP contribution is 2.15. The first-order chi connectivity index (χ1) is 9.79. The van der Waals surface area contributed by atoms with Gasteiger partial charge in [0.25, 0.3) is 0 Å². The summed E-state index contributed by atoms with van der Waals surface area (Å²) in [6.07, 6.45) is 3.71. The molecule has 0 spiro atoms. The van der Waals surface area contributed by atoms with Crippen LogP contribution < -0.4 is 10.1 Å². The van der Waals surface area contributed by atoms with E-state index in [9.17, 15) is 0 Å². The standard InChI is InChI=1S/C15H18N4O/c1-13(12-19-9-4-7-18-19)17-8-10-20-15-6-3-2-5-14(15)11-16/h2-7,9,13,17H,8,10,12H2,1H3/t13-/m0/s1. The smallest absolute Gasteiger partial charge is 0.137 e. The molecule has 2 rings (SSSR count). The third kappa shape index (κ3) is 4.11. The van der Waals surface area contributed by atoms with Gasteiger partial charge in [-0.05, 0) is 25.1 Å². The molecule has 1 aromatic heterocycles. The van der Waals surface area contributed by atoms with Crippen molar-refractivity contribution in [3.05, 3.63) is 48.3 Å². The Balaban J connectivity index is 1.70. The minimum Gasteiger partial charge on any atom is -0.491 e. The van der Waals surface area contributed by atoms with Gasteiger partial charge in [0.05, 0.1) is 12.1 Å². The summed E-state index contributed by atoms with van der Waals surface area (Å²) in [7, 11) is 0. The summed E-state index contributed by atoms with van der Waals surface area (Å²) in [6.45, 7) is 4.18. The fourth-order valence-corrected chi connectivity index (χ4v) is 1.90. The first-order valence-corrected chi connectivity index (χ1v) is 6.62. The van der Waals surface area contributed by atoms with E-state index in [0.717, 1.165) is 13.1 Å². The number of ether oxygens (including phenoxy) is 1. The molecule has 2 aromatic rings. The van der Waals surface area contributed by atoms with E-state index in [4.69, 9.17) is 10.00 Å². The molecule has 0 aliphatic rings. The van der Waals surface area contributed by atoms with Crippen LogP contribution in [0.1, 0.15) is 12.5 Å². The lowest BCUT2D eigenvalue weighted by Gasteiger charge is -2.14. The maximum Gasteiger partial charge on any atom is 0.137 e. The lowest BCUT2D eigenvalue weighted by Crippen LogP contribution is -2.33. The molecule has 0 saturated heterocycles. The van der Waals surface area contributed by atoms with Crippen LogP contribution in [0, 0.1) is 11.3 Å². The third-order valence-electron chi connectivity index (χ3n) is 2.88. The van der Waals surface area contributed by atoms with Gasteiger partial charge in [-0.3, -0.25) is 4.68 Å². The average Bonchev–Trinajstić information content (AvgIpc) is 2.97. The highest BCUT2D eigenvalue weighted by atomic mass is 16.5. The first kappa shape index (κ1) is 14.1. The molecule has 0 fully saturated rings. The predicted octanol–water partition coefficient (Wildman–Crippen LogP) is 1.81. The van der Waals surface area contributed by atoms with Crippen molar-refractivity contribution in [2.24, 2.45) is 0 Å². The number of hydrogen-bond acceptors (Lipinski definition) is 4. The molecule has 0 aliphatic heterocycles. The molecular weight excluding hydrogens is 252 g/mol. The second kappa shape index (κ2) is 7.31. The molecule has 0 aliphatic carbocycles. The molecule has 1 heterocycles. The molecule has 0 amide bonds. The highest BCUT2D eigenvalue weighted by molar-refractivity contribution is 5.42. The van der Waals surface area contributed by atoms with Crippen molar-refractivity contribution in [1.82, 2.24) is 15.1 Å². The van der Waals surface area contributed by atoms with Gasteiger partial charge < -0.3 is 10.1 Å². The van der Waals surface area contributed by atoms with Crippen molar-refractivity contribution < 1.29 is 4.74 Å². The summed E-state index contributed by atoms with van der Waals surface area (Å²) < 4.78 is 7.50. The number of aromatic nitrogens is 2. The van der Waals surface area contributed by atoms with E-state index in [2.05, 4.69) is 23.4 Å². The van der Waals surface area contributed by atoms with Gasteiger partial charge >= 0.3 is 0 Å². The van der Waals surface area contributed by atoms with Crippen LogP contribution in [0.2, 0.25) is 0 Å². The summed E-state index contributed by atoms with van der Waals surface area (Å²) >= 11 is 0. The summed E-state index contributed by atoms with van der Waals surface area (Å²) in [5.41, 5.74) is 0.567. The molecular formula is C15H18N4O. The topological polar surface area (TPSA) is 62.9 Å². The number of hydrogen-bond donors (Lipinski definition) is 1. The second-order valence-corrected chi connectivity index (χ2v) is 4.54. The van der Waals surface area contributed by atoms with Crippen molar-refractivity contribution in [2.45, 2.75) is 19.5 Å². The maximum absolute atomic E-state index is 8.95. The summed E-state index contributed by atoms with van der Waals surface area (Å²) in [4.78, 5) is 0. The number of para-hydroxylation sites is 1. The summed E-state index contributed by atoms with van der Waals surface area (Å²) in [5, 5.41) is 16.5. The van der Waals surface area contributed by atoms with Crippen LogP contribution in [0.4, 0.5) is 0 Å². The van der Waals surface area contributed by atoms with Crippen LogP contribution in [-0.4, -0.2) is 29.0 Å². The average molecular weight is 270 g/mol. The van der Waals surface area contributed by atoms with Crippen LogP contribution in [-0.2, 0) is 6.54 Å². The first-order valence-electron chi connectivity index (χ1n) is 6.62. The van der Waals surface area contributed by atoms with E-state index in [-0.39, 0.29) is 0 Å². The largest absolute Gasteiger partial charge is 0.491 e. The quantitative estimate of drug-likeness (QED) is 0.779. The van der Waals surface area contributed by atoms with Crippen LogP contribution in [0.15, 0.2) is 42.7 Å². The van der Waals surface area contributed by atoms with Gasteiger partial charge in [-0.1, -0.05) is 12.1 Å². The van der Waals surface area contributed by atoms with E-state index >= 15 is 0 Å².